The highest BCUT2D eigenvalue weighted by Crippen LogP contribution is 2.16. The summed E-state index contributed by atoms with van der Waals surface area (Å²) in [6.07, 6.45) is 3.01. The number of nitrogens with zero attached hydrogens (tertiary/aromatic N) is 1. The van der Waals surface area contributed by atoms with Crippen LogP contribution in [0.15, 0.2) is 18.3 Å². The van der Waals surface area contributed by atoms with E-state index in [9.17, 15) is 0 Å². The average Bonchev–Trinajstić information content (AvgIpc) is 2.28. The van der Waals surface area contributed by atoms with Gasteiger partial charge in [0.15, 0.2) is 0 Å². The van der Waals surface area contributed by atoms with Gasteiger partial charge in [0.2, 0.25) is 0 Å². The molecular weight excluding hydrogens is 186 g/mol. The van der Waals surface area contributed by atoms with Crippen molar-refractivity contribution in [1.82, 2.24) is 4.98 Å². The molecular formula is C12H21N3. The molecule has 0 spiro atoms. The lowest BCUT2D eigenvalue weighted by molar-refractivity contribution is 0.494. The first-order valence-corrected chi connectivity index (χ1v) is 5.57. The fourth-order valence-electron chi connectivity index (χ4n) is 1.42. The lowest BCUT2D eigenvalue weighted by Gasteiger charge is -2.21. The third kappa shape index (κ3) is 3.42. The molecule has 0 aromatic carbocycles. The number of nitrogens with one attached hydrogen (secondary N) is 2. The largest absolute Gasteiger partial charge is 0.382 e. The lowest BCUT2D eigenvalue weighted by Crippen LogP contribution is -2.23. The first-order valence-electron chi connectivity index (χ1n) is 5.57. The van der Waals surface area contributed by atoms with Crippen LogP contribution in [-0.2, 0) is 0 Å². The summed E-state index contributed by atoms with van der Waals surface area (Å²) in [4.78, 5) is 4.18. The second kappa shape index (κ2) is 5.59. The van der Waals surface area contributed by atoms with Crippen molar-refractivity contribution in [2.45, 2.75) is 33.2 Å². The summed E-state index contributed by atoms with van der Waals surface area (Å²) in [6.45, 7) is 6.69. The first kappa shape index (κ1) is 11.8. The van der Waals surface area contributed by atoms with Gasteiger partial charge in [-0.1, -0.05) is 20.3 Å². The summed E-state index contributed by atoms with van der Waals surface area (Å²) in [6, 6.07) is 4.51. The van der Waals surface area contributed by atoms with Crippen LogP contribution in [-0.4, -0.2) is 18.1 Å². The third-order valence-electron chi connectivity index (χ3n) is 2.91. The second-order valence-electron chi connectivity index (χ2n) is 4.00. The van der Waals surface area contributed by atoms with Crippen molar-refractivity contribution in [3.8, 4) is 0 Å². The molecule has 2 atom stereocenters. The molecule has 0 aliphatic heterocycles. The predicted molar refractivity (Wildman–Crippen MR) is 66.3 cm³/mol. The molecule has 0 aliphatic rings. The Morgan fingerprint density at radius 1 is 1.40 bits per heavy atom. The number of aromatic nitrogens is 1. The van der Waals surface area contributed by atoms with Crippen molar-refractivity contribution in [3.05, 3.63) is 18.3 Å². The van der Waals surface area contributed by atoms with E-state index in [0.29, 0.717) is 12.0 Å². The molecule has 2 unspecified atom stereocenters. The molecule has 1 rings (SSSR count). The third-order valence-corrected chi connectivity index (χ3v) is 2.91. The lowest BCUT2D eigenvalue weighted by atomic mass is 10.0. The van der Waals surface area contributed by atoms with Crippen molar-refractivity contribution < 1.29 is 0 Å². The van der Waals surface area contributed by atoms with Crippen LogP contribution in [0.5, 0.6) is 0 Å². The minimum atomic E-state index is 0.488. The smallest absolute Gasteiger partial charge is 0.127 e. The van der Waals surface area contributed by atoms with E-state index in [1.165, 1.54) is 6.42 Å². The molecule has 1 heterocycles. The van der Waals surface area contributed by atoms with Crippen molar-refractivity contribution >= 4 is 11.5 Å². The zero-order chi connectivity index (χ0) is 11.3. The molecule has 0 aliphatic carbocycles. The van der Waals surface area contributed by atoms with Crippen LogP contribution in [0.2, 0.25) is 0 Å². The molecule has 1 aromatic heterocycles. The van der Waals surface area contributed by atoms with Crippen LogP contribution >= 0.6 is 0 Å². The van der Waals surface area contributed by atoms with E-state index < -0.39 is 0 Å². The molecule has 3 nitrogen and oxygen atoms in total. The number of pyridine rings is 1. The van der Waals surface area contributed by atoms with Gasteiger partial charge in [0.05, 0.1) is 0 Å². The molecule has 15 heavy (non-hydrogen) atoms. The molecule has 0 saturated carbocycles. The zero-order valence-corrected chi connectivity index (χ0v) is 10.0. The Bertz CT molecular complexity index is 299. The van der Waals surface area contributed by atoms with Gasteiger partial charge in [-0.25, -0.2) is 4.98 Å². The molecule has 3 heteroatoms. The second-order valence-corrected chi connectivity index (χ2v) is 4.00. The van der Waals surface area contributed by atoms with Gasteiger partial charge in [-0.3, -0.25) is 0 Å². The quantitative estimate of drug-likeness (QED) is 0.779. The fourth-order valence-corrected chi connectivity index (χ4v) is 1.42. The summed E-state index contributed by atoms with van der Waals surface area (Å²) < 4.78 is 0. The number of hydrogen-bond acceptors (Lipinski definition) is 3. The SMILES string of the molecule is CCC(C)C(C)Nc1ccnc(NC)c1. The molecule has 2 N–H and O–H groups in total. The van der Waals surface area contributed by atoms with Gasteiger partial charge in [0.1, 0.15) is 5.82 Å². The Morgan fingerprint density at radius 3 is 2.73 bits per heavy atom. The Balaban J connectivity index is 2.63. The minimum Gasteiger partial charge on any atom is -0.382 e. The van der Waals surface area contributed by atoms with Gasteiger partial charge in [0.25, 0.3) is 0 Å². The monoisotopic (exact) mass is 207 g/mol. The first-order chi connectivity index (χ1) is 7.17. The Hall–Kier alpha value is -1.25. The number of hydrogen-bond donors (Lipinski definition) is 2. The van der Waals surface area contributed by atoms with Crippen LogP contribution in [0.3, 0.4) is 0 Å². The Labute approximate surface area is 92.3 Å². The highest BCUT2D eigenvalue weighted by Gasteiger charge is 2.09. The predicted octanol–water partition coefficient (Wildman–Crippen LogP) is 2.97. The van der Waals surface area contributed by atoms with Crippen molar-refractivity contribution in [1.29, 1.82) is 0 Å². The van der Waals surface area contributed by atoms with E-state index in [1.807, 2.05) is 25.4 Å². The van der Waals surface area contributed by atoms with E-state index in [0.717, 1.165) is 11.5 Å². The molecule has 0 fully saturated rings. The maximum atomic E-state index is 4.18. The molecule has 1 aromatic rings. The molecule has 0 saturated heterocycles. The Kier molecular flexibility index (Phi) is 4.40. The van der Waals surface area contributed by atoms with Gasteiger partial charge >= 0.3 is 0 Å². The summed E-state index contributed by atoms with van der Waals surface area (Å²) in [5.74, 6) is 1.58. The van der Waals surface area contributed by atoms with Crippen molar-refractivity contribution in [2.75, 3.05) is 17.7 Å². The zero-order valence-electron chi connectivity index (χ0n) is 10.0. The average molecular weight is 207 g/mol. The molecule has 0 radical (unpaired) electrons. The van der Waals surface area contributed by atoms with Gasteiger partial charge < -0.3 is 10.6 Å². The fraction of sp³-hybridized carbons (Fsp3) is 0.583. The van der Waals surface area contributed by atoms with Gasteiger partial charge in [-0.2, -0.15) is 0 Å². The van der Waals surface area contributed by atoms with E-state index in [4.69, 9.17) is 0 Å². The van der Waals surface area contributed by atoms with Crippen LogP contribution < -0.4 is 10.6 Å². The maximum absolute atomic E-state index is 4.18. The summed E-state index contributed by atoms with van der Waals surface area (Å²) in [5.41, 5.74) is 1.13. The standard InChI is InChI=1S/C12H21N3/c1-5-9(2)10(3)15-11-6-7-14-12(8-11)13-4/h6-10H,5H2,1-4H3,(H2,13,14,15). The van der Waals surface area contributed by atoms with Gasteiger partial charge in [0, 0.05) is 31.0 Å². The van der Waals surface area contributed by atoms with E-state index in [2.05, 4.69) is 36.4 Å². The highest BCUT2D eigenvalue weighted by molar-refractivity contribution is 5.52. The Morgan fingerprint density at radius 2 is 2.13 bits per heavy atom. The van der Waals surface area contributed by atoms with E-state index >= 15 is 0 Å². The molecule has 84 valence electrons. The van der Waals surface area contributed by atoms with Crippen LogP contribution in [0, 0.1) is 5.92 Å². The van der Waals surface area contributed by atoms with Crippen molar-refractivity contribution in [2.24, 2.45) is 5.92 Å². The van der Waals surface area contributed by atoms with Crippen molar-refractivity contribution in [3.63, 3.8) is 0 Å². The summed E-state index contributed by atoms with van der Waals surface area (Å²) in [7, 11) is 1.88. The van der Waals surface area contributed by atoms with Crippen LogP contribution in [0.4, 0.5) is 11.5 Å². The van der Waals surface area contributed by atoms with E-state index in [1.54, 1.807) is 0 Å². The number of anilines is 2. The summed E-state index contributed by atoms with van der Waals surface area (Å²) in [5, 5.41) is 6.52. The van der Waals surface area contributed by atoms with Crippen LogP contribution in [0.1, 0.15) is 27.2 Å². The topological polar surface area (TPSA) is 37.0 Å². The van der Waals surface area contributed by atoms with Gasteiger partial charge in [-0.15, -0.1) is 0 Å². The number of rotatable bonds is 5. The summed E-state index contributed by atoms with van der Waals surface area (Å²) >= 11 is 0. The van der Waals surface area contributed by atoms with Gasteiger partial charge in [-0.05, 0) is 18.9 Å². The maximum Gasteiger partial charge on any atom is 0.127 e. The van der Waals surface area contributed by atoms with Crippen LogP contribution in [0.25, 0.3) is 0 Å². The molecule has 0 bridgehead atoms. The molecule has 0 amide bonds. The highest BCUT2D eigenvalue weighted by atomic mass is 15.0. The minimum absolute atomic E-state index is 0.488. The normalized spacial score (nSPS) is 14.4. The van der Waals surface area contributed by atoms with E-state index in [-0.39, 0.29) is 0 Å².